The summed E-state index contributed by atoms with van der Waals surface area (Å²) in [5.41, 5.74) is 6.52. The van der Waals surface area contributed by atoms with Crippen LogP contribution >= 0.6 is 23.7 Å². The average Bonchev–Trinajstić information content (AvgIpc) is 2.49. The molecule has 0 radical (unpaired) electrons. The standard InChI is InChI=1S/C9H8FNS.ClH/c10-8-3-1-2-7-6(4-11)5-12-9(7)8;/h1-3,5H,4,11H2;1H. The van der Waals surface area contributed by atoms with E-state index >= 15 is 0 Å². The van der Waals surface area contributed by atoms with E-state index < -0.39 is 0 Å². The molecular weight excluding hydrogens is 209 g/mol. The van der Waals surface area contributed by atoms with Gasteiger partial charge in [0.05, 0.1) is 4.70 Å². The molecule has 0 atom stereocenters. The van der Waals surface area contributed by atoms with Gasteiger partial charge in [0.15, 0.2) is 0 Å². The van der Waals surface area contributed by atoms with E-state index in [0.717, 1.165) is 10.9 Å². The zero-order valence-electron chi connectivity index (χ0n) is 6.79. The Bertz CT molecular complexity index is 413. The molecule has 2 N–H and O–H groups in total. The van der Waals surface area contributed by atoms with E-state index in [0.29, 0.717) is 11.2 Å². The average molecular weight is 218 g/mol. The van der Waals surface area contributed by atoms with Crippen LogP contribution in [0.2, 0.25) is 0 Å². The number of nitrogens with two attached hydrogens (primary N) is 1. The maximum absolute atomic E-state index is 13.1. The normalized spacial score (nSPS) is 10.0. The van der Waals surface area contributed by atoms with Crippen molar-refractivity contribution in [3.63, 3.8) is 0 Å². The maximum Gasteiger partial charge on any atom is 0.140 e. The number of thiophene rings is 1. The fourth-order valence-corrected chi connectivity index (χ4v) is 2.22. The second-order valence-electron chi connectivity index (χ2n) is 2.58. The highest BCUT2D eigenvalue weighted by Crippen LogP contribution is 2.27. The van der Waals surface area contributed by atoms with E-state index in [1.165, 1.54) is 17.4 Å². The zero-order chi connectivity index (χ0) is 8.55. The molecule has 1 nitrogen and oxygen atoms in total. The third kappa shape index (κ3) is 1.68. The van der Waals surface area contributed by atoms with Gasteiger partial charge in [-0.3, -0.25) is 0 Å². The predicted octanol–water partition coefficient (Wildman–Crippen LogP) is 2.92. The molecule has 2 rings (SSSR count). The number of halogens is 2. The summed E-state index contributed by atoms with van der Waals surface area (Å²) in [5, 5.41) is 2.86. The van der Waals surface area contributed by atoms with Crippen LogP contribution in [0.25, 0.3) is 10.1 Å². The molecule has 1 aromatic carbocycles. The number of benzene rings is 1. The van der Waals surface area contributed by atoms with Crippen LogP contribution in [0, 0.1) is 5.82 Å². The highest BCUT2D eigenvalue weighted by atomic mass is 35.5. The molecule has 0 fully saturated rings. The lowest BCUT2D eigenvalue weighted by Gasteiger charge is -1.93. The number of fused-ring (bicyclic) bond motifs is 1. The summed E-state index contributed by atoms with van der Waals surface area (Å²) in [6.07, 6.45) is 0. The first-order valence-corrected chi connectivity index (χ1v) is 4.55. The minimum absolute atomic E-state index is 0. The monoisotopic (exact) mass is 217 g/mol. The van der Waals surface area contributed by atoms with Crippen molar-refractivity contribution in [2.24, 2.45) is 5.73 Å². The lowest BCUT2D eigenvalue weighted by atomic mass is 10.2. The Balaban J connectivity index is 0.000000845. The van der Waals surface area contributed by atoms with Gasteiger partial charge < -0.3 is 5.73 Å². The highest BCUT2D eigenvalue weighted by Gasteiger charge is 2.05. The molecule has 2 aromatic rings. The minimum atomic E-state index is -0.155. The molecule has 0 aliphatic rings. The van der Waals surface area contributed by atoms with E-state index in [4.69, 9.17) is 5.73 Å². The molecule has 0 unspecified atom stereocenters. The van der Waals surface area contributed by atoms with Gasteiger partial charge >= 0.3 is 0 Å². The Morgan fingerprint density at radius 2 is 2.15 bits per heavy atom. The van der Waals surface area contributed by atoms with Gasteiger partial charge in [0, 0.05) is 6.54 Å². The molecule has 0 saturated heterocycles. The topological polar surface area (TPSA) is 26.0 Å². The van der Waals surface area contributed by atoms with Gasteiger partial charge in [0.2, 0.25) is 0 Å². The first kappa shape index (κ1) is 10.4. The Morgan fingerprint density at radius 3 is 2.85 bits per heavy atom. The molecule has 4 heteroatoms. The molecule has 13 heavy (non-hydrogen) atoms. The molecule has 0 bridgehead atoms. The van der Waals surface area contributed by atoms with E-state index in [1.807, 2.05) is 11.4 Å². The Labute approximate surface area is 85.8 Å². The van der Waals surface area contributed by atoms with Crippen LogP contribution < -0.4 is 5.73 Å². The third-order valence-electron chi connectivity index (χ3n) is 1.85. The van der Waals surface area contributed by atoms with Crippen LogP contribution in [0.15, 0.2) is 23.6 Å². The van der Waals surface area contributed by atoms with Gasteiger partial charge in [-0.15, -0.1) is 23.7 Å². The molecular formula is C9H9ClFNS. The molecule has 1 heterocycles. The van der Waals surface area contributed by atoms with Crippen LogP contribution in [-0.4, -0.2) is 0 Å². The van der Waals surface area contributed by atoms with E-state index in [-0.39, 0.29) is 18.2 Å². The lowest BCUT2D eigenvalue weighted by molar-refractivity contribution is 0.641. The number of hydrogen-bond acceptors (Lipinski definition) is 2. The summed E-state index contributed by atoms with van der Waals surface area (Å²) in [7, 11) is 0. The Morgan fingerprint density at radius 1 is 1.38 bits per heavy atom. The molecule has 70 valence electrons. The minimum Gasteiger partial charge on any atom is -0.326 e. The van der Waals surface area contributed by atoms with Gasteiger partial charge in [-0.2, -0.15) is 0 Å². The number of rotatable bonds is 1. The first-order valence-electron chi connectivity index (χ1n) is 3.67. The highest BCUT2D eigenvalue weighted by molar-refractivity contribution is 7.17. The molecule has 0 spiro atoms. The van der Waals surface area contributed by atoms with Crippen molar-refractivity contribution < 1.29 is 4.39 Å². The summed E-state index contributed by atoms with van der Waals surface area (Å²) in [4.78, 5) is 0. The van der Waals surface area contributed by atoms with Crippen LogP contribution in [0.5, 0.6) is 0 Å². The summed E-state index contributed by atoms with van der Waals surface area (Å²) < 4.78 is 13.8. The van der Waals surface area contributed by atoms with Crippen LogP contribution in [0.4, 0.5) is 4.39 Å². The van der Waals surface area contributed by atoms with E-state index in [2.05, 4.69) is 0 Å². The van der Waals surface area contributed by atoms with Crippen LogP contribution in [0.1, 0.15) is 5.56 Å². The fourth-order valence-electron chi connectivity index (χ4n) is 1.23. The Hall–Kier alpha value is -0.640. The third-order valence-corrected chi connectivity index (χ3v) is 2.90. The van der Waals surface area contributed by atoms with E-state index in [1.54, 1.807) is 6.07 Å². The van der Waals surface area contributed by atoms with Gasteiger partial charge in [0.1, 0.15) is 5.82 Å². The smallest absolute Gasteiger partial charge is 0.140 e. The van der Waals surface area contributed by atoms with Crippen LogP contribution in [-0.2, 0) is 6.54 Å². The van der Waals surface area contributed by atoms with Crippen molar-refractivity contribution in [1.29, 1.82) is 0 Å². The molecule has 1 aromatic heterocycles. The van der Waals surface area contributed by atoms with Crippen molar-refractivity contribution in [3.05, 3.63) is 35.0 Å². The van der Waals surface area contributed by atoms with Crippen molar-refractivity contribution in [1.82, 2.24) is 0 Å². The molecule has 0 saturated carbocycles. The van der Waals surface area contributed by atoms with Crippen LogP contribution in [0.3, 0.4) is 0 Å². The summed E-state index contributed by atoms with van der Waals surface area (Å²) >= 11 is 1.41. The molecule has 0 aliphatic heterocycles. The second-order valence-corrected chi connectivity index (χ2v) is 3.46. The van der Waals surface area contributed by atoms with Gasteiger partial charge in [-0.25, -0.2) is 4.39 Å². The van der Waals surface area contributed by atoms with E-state index in [9.17, 15) is 4.39 Å². The van der Waals surface area contributed by atoms with Gasteiger partial charge in [-0.1, -0.05) is 12.1 Å². The lowest BCUT2D eigenvalue weighted by Crippen LogP contribution is -1.93. The molecule has 0 amide bonds. The maximum atomic E-state index is 13.1. The SMILES string of the molecule is Cl.NCc1csc2c(F)cccc12. The summed E-state index contributed by atoms with van der Waals surface area (Å²) in [5.74, 6) is -0.155. The van der Waals surface area contributed by atoms with Crippen molar-refractivity contribution in [2.75, 3.05) is 0 Å². The fraction of sp³-hybridized carbons (Fsp3) is 0.111. The van der Waals surface area contributed by atoms with Crippen molar-refractivity contribution in [2.45, 2.75) is 6.54 Å². The largest absolute Gasteiger partial charge is 0.326 e. The molecule has 0 aliphatic carbocycles. The van der Waals surface area contributed by atoms with Gasteiger partial charge in [-0.05, 0) is 22.4 Å². The van der Waals surface area contributed by atoms with Crippen molar-refractivity contribution >= 4 is 33.8 Å². The zero-order valence-corrected chi connectivity index (χ0v) is 8.42. The number of hydrogen-bond donors (Lipinski definition) is 1. The Kier molecular flexibility index (Phi) is 3.25. The summed E-state index contributed by atoms with van der Waals surface area (Å²) in [6, 6.07) is 5.08. The quantitative estimate of drug-likeness (QED) is 0.781. The van der Waals surface area contributed by atoms with Crippen molar-refractivity contribution in [3.8, 4) is 0 Å². The van der Waals surface area contributed by atoms with Gasteiger partial charge in [0.25, 0.3) is 0 Å². The summed E-state index contributed by atoms with van der Waals surface area (Å²) in [6.45, 7) is 0.476. The first-order chi connectivity index (χ1) is 5.83. The predicted molar refractivity (Wildman–Crippen MR) is 56.9 cm³/mol. The second kappa shape index (κ2) is 4.05.